The van der Waals surface area contributed by atoms with Crippen LogP contribution in [0.5, 0.6) is 10.8 Å². The molecule has 1 amide bonds. The molecule has 0 aliphatic carbocycles. The number of amides is 1. The van der Waals surface area contributed by atoms with Crippen molar-refractivity contribution in [2.24, 2.45) is 5.73 Å². The van der Waals surface area contributed by atoms with Crippen LogP contribution in [-0.2, 0) is 12.7 Å². The van der Waals surface area contributed by atoms with Crippen molar-refractivity contribution in [3.63, 3.8) is 0 Å². The van der Waals surface area contributed by atoms with Crippen LogP contribution in [0.3, 0.4) is 0 Å². The zero-order valence-electron chi connectivity index (χ0n) is 17.8. The molecular formula is C21H24F3N5O2S. The van der Waals surface area contributed by atoms with Gasteiger partial charge < -0.3 is 15.5 Å². The Balaban J connectivity index is 2.00. The molecule has 32 heavy (non-hydrogen) atoms. The van der Waals surface area contributed by atoms with E-state index in [0.717, 1.165) is 41.5 Å². The van der Waals surface area contributed by atoms with E-state index in [1.807, 2.05) is 6.07 Å². The summed E-state index contributed by atoms with van der Waals surface area (Å²) in [5.74, 6) is -1.10. The number of thiophene rings is 1. The first-order valence-electron chi connectivity index (χ1n) is 9.89. The predicted octanol–water partition coefficient (Wildman–Crippen LogP) is 4.85. The molecule has 0 bridgehead atoms. The van der Waals surface area contributed by atoms with E-state index < -0.39 is 23.6 Å². The Morgan fingerprint density at radius 1 is 1.22 bits per heavy atom. The molecule has 0 atom stereocenters. The highest BCUT2D eigenvalue weighted by molar-refractivity contribution is 7.13. The van der Waals surface area contributed by atoms with Crippen LogP contribution >= 0.6 is 11.3 Å². The molecule has 11 heteroatoms. The minimum absolute atomic E-state index is 0.0406. The van der Waals surface area contributed by atoms with Crippen LogP contribution in [0.25, 0.3) is 10.9 Å². The van der Waals surface area contributed by atoms with Gasteiger partial charge in [0, 0.05) is 23.9 Å². The molecule has 172 valence electrons. The number of H-pyrrole nitrogens is 1. The molecule has 0 saturated carbocycles. The molecular weight excluding hydrogens is 443 g/mol. The fourth-order valence-corrected chi connectivity index (χ4v) is 4.11. The molecule has 7 nitrogen and oxygen atoms in total. The first-order valence-corrected chi connectivity index (χ1v) is 10.7. The summed E-state index contributed by atoms with van der Waals surface area (Å²) in [6, 6.07) is 6.96. The molecule has 0 spiro atoms. The fourth-order valence-electron chi connectivity index (χ4n) is 3.21. The number of rotatable bonds is 7. The molecule has 0 fully saturated rings. The summed E-state index contributed by atoms with van der Waals surface area (Å²) in [5, 5.41) is 7.71. The lowest BCUT2D eigenvalue weighted by Crippen LogP contribution is -2.38. The number of benzene rings is 1. The van der Waals surface area contributed by atoms with Crippen molar-refractivity contribution < 1.29 is 22.7 Å². The van der Waals surface area contributed by atoms with Crippen LogP contribution in [0, 0.1) is 5.41 Å². The van der Waals surface area contributed by atoms with E-state index in [2.05, 4.69) is 23.7 Å². The summed E-state index contributed by atoms with van der Waals surface area (Å²) >= 11 is 1.41. The maximum atomic E-state index is 13.6. The van der Waals surface area contributed by atoms with Crippen LogP contribution in [0.2, 0.25) is 0 Å². The Morgan fingerprint density at radius 2 is 1.91 bits per heavy atom. The third-order valence-electron chi connectivity index (χ3n) is 5.08. The molecule has 0 unspecified atom stereocenters. The van der Waals surface area contributed by atoms with Gasteiger partial charge in [-0.15, -0.1) is 11.3 Å². The van der Waals surface area contributed by atoms with Gasteiger partial charge >= 0.3 is 6.18 Å². The lowest BCUT2D eigenvalue weighted by molar-refractivity contribution is -0.136. The summed E-state index contributed by atoms with van der Waals surface area (Å²) in [7, 11) is 1.27. The number of guanidine groups is 1. The molecule has 2 heterocycles. The smallest absolute Gasteiger partial charge is 0.417 e. The number of carbonyl (C=O) groups is 1. The Bertz CT molecular complexity index is 1130. The standard InChI is InChI=1S/C21H24F3N5O2S/c1-4-29(5-2)11-12-6-9-17(32-12)31-16-8-7-14(21(22,23)24)13-10-15(27-18(13)16)19(30)28(3)20(25)26/h6-10,27H,4-5,11H2,1-3H3,(H3,25,26). The van der Waals surface area contributed by atoms with Crippen LogP contribution in [-0.4, -0.2) is 46.8 Å². The summed E-state index contributed by atoms with van der Waals surface area (Å²) in [6.45, 7) is 6.69. The van der Waals surface area contributed by atoms with Crippen molar-refractivity contribution in [3.8, 4) is 10.8 Å². The van der Waals surface area contributed by atoms with Gasteiger partial charge in [-0.25, -0.2) is 0 Å². The van der Waals surface area contributed by atoms with E-state index in [9.17, 15) is 18.0 Å². The SMILES string of the molecule is CCN(CC)Cc1ccc(Oc2ccc(C(F)(F)F)c3cc(C(=O)N(C)C(=N)N)[nH]c23)s1. The highest BCUT2D eigenvalue weighted by Gasteiger charge is 2.34. The second kappa shape index (κ2) is 9.21. The van der Waals surface area contributed by atoms with Crippen molar-refractivity contribution >= 4 is 34.1 Å². The number of aromatic amines is 1. The number of nitrogens with zero attached hydrogens (tertiary/aromatic N) is 2. The molecule has 2 aromatic heterocycles. The highest BCUT2D eigenvalue weighted by atomic mass is 32.1. The maximum Gasteiger partial charge on any atom is 0.417 e. The number of ether oxygens (including phenoxy) is 1. The molecule has 0 radical (unpaired) electrons. The van der Waals surface area contributed by atoms with Crippen molar-refractivity contribution in [2.45, 2.75) is 26.6 Å². The van der Waals surface area contributed by atoms with Gasteiger partial charge in [-0.2, -0.15) is 13.2 Å². The number of nitrogens with one attached hydrogen (secondary N) is 2. The van der Waals surface area contributed by atoms with Crippen LogP contribution < -0.4 is 10.5 Å². The number of alkyl halides is 3. The summed E-state index contributed by atoms with van der Waals surface area (Å²) in [6.07, 6.45) is -4.62. The first kappa shape index (κ1) is 23.6. The van der Waals surface area contributed by atoms with E-state index in [4.69, 9.17) is 15.9 Å². The van der Waals surface area contributed by atoms with Gasteiger partial charge in [0.1, 0.15) is 5.69 Å². The van der Waals surface area contributed by atoms with Crippen molar-refractivity contribution in [1.29, 1.82) is 5.41 Å². The number of nitrogens with two attached hydrogens (primary N) is 1. The molecule has 4 N–H and O–H groups in total. The summed E-state index contributed by atoms with van der Waals surface area (Å²) in [5.41, 5.74) is 4.34. The number of hydrogen-bond acceptors (Lipinski definition) is 5. The molecule has 0 aliphatic heterocycles. The average Bonchev–Trinajstić information content (AvgIpc) is 3.37. The van der Waals surface area contributed by atoms with E-state index in [1.54, 1.807) is 6.07 Å². The van der Waals surface area contributed by atoms with Gasteiger partial charge in [-0.3, -0.25) is 20.0 Å². The van der Waals surface area contributed by atoms with Gasteiger partial charge in [0.05, 0.1) is 11.1 Å². The normalized spacial score (nSPS) is 11.8. The third-order valence-corrected chi connectivity index (χ3v) is 6.03. The van der Waals surface area contributed by atoms with Crippen molar-refractivity contribution in [1.82, 2.24) is 14.8 Å². The fraction of sp³-hybridized carbons (Fsp3) is 0.333. The Kier molecular flexibility index (Phi) is 6.79. The Hall–Kier alpha value is -3.05. The molecule has 0 aliphatic rings. The highest BCUT2D eigenvalue weighted by Crippen LogP contribution is 2.41. The Labute approximate surface area is 187 Å². The maximum absolute atomic E-state index is 13.6. The van der Waals surface area contributed by atoms with E-state index >= 15 is 0 Å². The lowest BCUT2D eigenvalue weighted by Gasteiger charge is -2.16. The van der Waals surface area contributed by atoms with Gasteiger partial charge in [0.25, 0.3) is 5.91 Å². The number of aromatic nitrogens is 1. The number of carbonyl (C=O) groups excluding carboxylic acids is 1. The zero-order valence-corrected chi connectivity index (χ0v) is 18.7. The molecule has 0 saturated heterocycles. The van der Waals surface area contributed by atoms with Crippen molar-refractivity contribution in [2.75, 3.05) is 20.1 Å². The van der Waals surface area contributed by atoms with E-state index in [1.165, 1.54) is 24.5 Å². The average molecular weight is 468 g/mol. The summed E-state index contributed by atoms with van der Waals surface area (Å²) in [4.78, 5) is 19.4. The number of fused-ring (bicyclic) bond motifs is 1. The van der Waals surface area contributed by atoms with E-state index in [-0.39, 0.29) is 22.3 Å². The largest absolute Gasteiger partial charge is 0.444 e. The molecule has 1 aromatic carbocycles. The van der Waals surface area contributed by atoms with Crippen LogP contribution in [0.4, 0.5) is 13.2 Å². The molecule has 3 rings (SSSR count). The zero-order chi connectivity index (χ0) is 23.6. The van der Waals surface area contributed by atoms with Gasteiger partial charge in [0.15, 0.2) is 16.8 Å². The second-order valence-electron chi connectivity index (χ2n) is 7.11. The third kappa shape index (κ3) is 4.89. The molecule has 3 aromatic rings. The second-order valence-corrected chi connectivity index (χ2v) is 8.25. The van der Waals surface area contributed by atoms with Crippen LogP contribution in [0.1, 0.15) is 34.8 Å². The van der Waals surface area contributed by atoms with E-state index in [0.29, 0.717) is 5.06 Å². The first-order chi connectivity index (χ1) is 15.0. The quantitative estimate of drug-likeness (QED) is 0.342. The summed E-state index contributed by atoms with van der Waals surface area (Å²) < 4.78 is 46.6. The minimum Gasteiger partial charge on any atom is -0.444 e. The topological polar surface area (TPSA) is 98.4 Å². The monoisotopic (exact) mass is 467 g/mol. The van der Waals surface area contributed by atoms with Gasteiger partial charge in [0.2, 0.25) is 0 Å². The van der Waals surface area contributed by atoms with Gasteiger partial charge in [-0.05, 0) is 43.4 Å². The minimum atomic E-state index is -4.62. The van der Waals surface area contributed by atoms with Crippen LogP contribution in [0.15, 0.2) is 30.3 Å². The number of hydrogen-bond donors (Lipinski definition) is 3. The number of halogens is 3. The Morgan fingerprint density at radius 3 is 2.50 bits per heavy atom. The lowest BCUT2D eigenvalue weighted by atomic mass is 10.1. The van der Waals surface area contributed by atoms with Gasteiger partial charge in [-0.1, -0.05) is 13.8 Å². The predicted molar refractivity (Wildman–Crippen MR) is 118 cm³/mol. The van der Waals surface area contributed by atoms with Crippen molar-refractivity contribution in [3.05, 3.63) is 46.5 Å².